The third-order valence-corrected chi connectivity index (χ3v) is 3.44. The van der Waals surface area contributed by atoms with Gasteiger partial charge in [0.05, 0.1) is 13.7 Å². The van der Waals surface area contributed by atoms with Gasteiger partial charge in [-0.25, -0.2) is 4.99 Å². The molecule has 0 spiro atoms. The molecule has 0 fully saturated rings. The van der Waals surface area contributed by atoms with Crippen molar-refractivity contribution in [3.8, 4) is 11.5 Å². The number of unbranched alkanes of at least 4 members (excludes halogenated alkanes) is 1. The summed E-state index contributed by atoms with van der Waals surface area (Å²) in [5.74, 6) is 1.66. The number of hydrogen-bond acceptors (Lipinski definition) is 4. The second kappa shape index (κ2) is 15.1. The Morgan fingerprint density at radius 1 is 1.16 bits per heavy atom. The molecule has 0 aliphatic rings. The Balaban J connectivity index is 0.00000576. The molecule has 1 aromatic carbocycles. The van der Waals surface area contributed by atoms with Gasteiger partial charge >= 0.3 is 0 Å². The zero-order valence-corrected chi connectivity index (χ0v) is 17.8. The van der Waals surface area contributed by atoms with Gasteiger partial charge in [-0.3, -0.25) is 0 Å². The Bertz CT molecular complexity index is 498. The predicted molar refractivity (Wildman–Crippen MR) is 113 cm³/mol. The zero-order chi connectivity index (χ0) is 17.6. The lowest BCUT2D eigenvalue weighted by atomic mass is 10.2. The fourth-order valence-corrected chi connectivity index (χ4v) is 2.05. The average Bonchev–Trinajstić information content (AvgIpc) is 2.60. The van der Waals surface area contributed by atoms with Crippen LogP contribution >= 0.6 is 24.0 Å². The van der Waals surface area contributed by atoms with E-state index in [4.69, 9.17) is 9.47 Å². The van der Waals surface area contributed by atoms with Gasteiger partial charge in [0, 0.05) is 31.9 Å². The highest BCUT2D eigenvalue weighted by Crippen LogP contribution is 2.23. The highest BCUT2D eigenvalue weighted by molar-refractivity contribution is 14.0. The first-order chi connectivity index (χ1) is 11.7. The molecular weight excluding hydrogens is 433 g/mol. The molecule has 0 aliphatic heterocycles. The largest absolute Gasteiger partial charge is 0.508 e. The number of aliphatic imine (C=N–C) groups is 1. The van der Waals surface area contributed by atoms with Crippen LogP contribution in [-0.4, -0.2) is 44.5 Å². The molecule has 0 aliphatic carbocycles. The summed E-state index contributed by atoms with van der Waals surface area (Å²) in [6.45, 7) is 7.72. The Labute approximate surface area is 168 Å². The van der Waals surface area contributed by atoms with Crippen molar-refractivity contribution in [3.05, 3.63) is 23.8 Å². The quantitative estimate of drug-likeness (QED) is 0.203. The highest BCUT2D eigenvalue weighted by atomic mass is 127. The molecule has 0 aromatic heterocycles. The second-order valence-electron chi connectivity index (χ2n) is 5.44. The molecule has 3 N–H and O–H groups in total. The minimum Gasteiger partial charge on any atom is -0.508 e. The van der Waals surface area contributed by atoms with Gasteiger partial charge in [0.1, 0.15) is 11.5 Å². The van der Waals surface area contributed by atoms with E-state index >= 15 is 0 Å². The van der Waals surface area contributed by atoms with E-state index in [1.807, 2.05) is 6.92 Å². The van der Waals surface area contributed by atoms with Gasteiger partial charge < -0.3 is 25.2 Å². The number of aromatic hydroxyl groups is 1. The summed E-state index contributed by atoms with van der Waals surface area (Å²) in [5, 5.41) is 16.4. The summed E-state index contributed by atoms with van der Waals surface area (Å²) >= 11 is 0. The van der Waals surface area contributed by atoms with E-state index < -0.39 is 0 Å². The van der Waals surface area contributed by atoms with Crippen LogP contribution in [-0.2, 0) is 11.3 Å². The summed E-state index contributed by atoms with van der Waals surface area (Å²) in [4.78, 5) is 4.51. The zero-order valence-electron chi connectivity index (χ0n) is 15.5. The van der Waals surface area contributed by atoms with Crippen molar-refractivity contribution in [1.29, 1.82) is 0 Å². The SMILES string of the molecule is CCCCOCCCNC(=NCc1cc(OC)ccc1O)NCC.I. The minimum absolute atomic E-state index is 0. The standard InChI is InChI=1S/C18H31N3O3.HI/c1-4-6-11-24-12-7-10-20-18(19-5-2)21-14-15-13-16(23-3)8-9-17(15)22;/h8-9,13,22H,4-7,10-12,14H2,1-3H3,(H2,19,20,21);1H. The van der Waals surface area contributed by atoms with Crippen LogP contribution in [0.4, 0.5) is 0 Å². The fourth-order valence-electron chi connectivity index (χ4n) is 2.05. The molecular formula is C18H32IN3O3. The van der Waals surface area contributed by atoms with E-state index in [0.29, 0.717) is 12.3 Å². The van der Waals surface area contributed by atoms with E-state index in [2.05, 4.69) is 22.5 Å². The lowest BCUT2D eigenvalue weighted by Crippen LogP contribution is -2.38. The van der Waals surface area contributed by atoms with Crippen LogP contribution in [0.15, 0.2) is 23.2 Å². The van der Waals surface area contributed by atoms with Gasteiger partial charge in [-0.05, 0) is 38.0 Å². The minimum atomic E-state index is 0. The molecule has 0 saturated heterocycles. The van der Waals surface area contributed by atoms with Crippen molar-refractivity contribution in [3.63, 3.8) is 0 Å². The monoisotopic (exact) mass is 465 g/mol. The number of nitrogens with zero attached hydrogens (tertiary/aromatic N) is 1. The summed E-state index contributed by atoms with van der Waals surface area (Å²) in [7, 11) is 1.60. The Hall–Kier alpha value is -1.22. The molecule has 7 heteroatoms. The van der Waals surface area contributed by atoms with Gasteiger partial charge in [-0.2, -0.15) is 0 Å². The molecule has 0 unspecified atom stereocenters. The van der Waals surface area contributed by atoms with Gasteiger partial charge in [-0.15, -0.1) is 24.0 Å². The second-order valence-corrected chi connectivity index (χ2v) is 5.44. The Morgan fingerprint density at radius 3 is 2.60 bits per heavy atom. The maximum absolute atomic E-state index is 9.91. The number of rotatable bonds is 11. The molecule has 1 aromatic rings. The van der Waals surface area contributed by atoms with E-state index in [9.17, 15) is 5.11 Å². The molecule has 1 rings (SSSR count). The van der Waals surface area contributed by atoms with Crippen LogP contribution in [0, 0.1) is 0 Å². The number of ether oxygens (including phenoxy) is 2. The van der Waals surface area contributed by atoms with Crippen LogP contribution in [0.25, 0.3) is 0 Å². The average molecular weight is 465 g/mol. The van der Waals surface area contributed by atoms with E-state index in [-0.39, 0.29) is 29.7 Å². The van der Waals surface area contributed by atoms with Crippen LogP contribution in [0.2, 0.25) is 0 Å². The Morgan fingerprint density at radius 2 is 1.92 bits per heavy atom. The molecule has 0 atom stereocenters. The number of halogens is 1. The van der Waals surface area contributed by atoms with Crippen LogP contribution in [0.3, 0.4) is 0 Å². The fraction of sp³-hybridized carbons (Fsp3) is 0.611. The molecule has 6 nitrogen and oxygen atoms in total. The van der Waals surface area contributed by atoms with E-state index in [1.165, 1.54) is 0 Å². The number of phenolic OH excluding ortho intramolecular Hbond substituents is 1. The van der Waals surface area contributed by atoms with E-state index in [0.717, 1.165) is 57.1 Å². The predicted octanol–water partition coefficient (Wildman–Crippen LogP) is 3.28. The summed E-state index contributed by atoms with van der Waals surface area (Å²) < 4.78 is 10.7. The third kappa shape index (κ3) is 10.4. The summed E-state index contributed by atoms with van der Waals surface area (Å²) in [5.41, 5.74) is 0.731. The van der Waals surface area contributed by atoms with Gasteiger partial charge in [0.2, 0.25) is 0 Å². The van der Waals surface area contributed by atoms with E-state index in [1.54, 1.807) is 25.3 Å². The molecule has 144 valence electrons. The summed E-state index contributed by atoms with van der Waals surface area (Å²) in [6.07, 6.45) is 3.20. The smallest absolute Gasteiger partial charge is 0.191 e. The topological polar surface area (TPSA) is 75.1 Å². The number of hydrogen-bond donors (Lipinski definition) is 3. The molecule has 0 radical (unpaired) electrons. The number of nitrogens with one attached hydrogen (secondary N) is 2. The van der Waals surface area contributed by atoms with Crippen LogP contribution in [0.5, 0.6) is 11.5 Å². The van der Waals surface area contributed by atoms with Gasteiger partial charge in [0.15, 0.2) is 5.96 Å². The first-order valence-corrected chi connectivity index (χ1v) is 8.67. The van der Waals surface area contributed by atoms with Gasteiger partial charge in [-0.1, -0.05) is 13.3 Å². The van der Waals surface area contributed by atoms with Crippen molar-refractivity contribution in [2.75, 3.05) is 33.4 Å². The first kappa shape index (κ1) is 23.8. The first-order valence-electron chi connectivity index (χ1n) is 8.67. The van der Waals surface area contributed by atoms with Crippen LogP contribution in [0.1, 0.15) is 38.7 Å². The Kier molecular flexibility index (Phi) is 14.3. The molecule has 25 heavy (non-hydrogen) atoms. The number of guanidine groups is 1. The molecule has 0 heterocycles. The molecule has 0 saturated carbocycles. The number of methoxy groups -OCH3 is 1. The lowest BCUT2D eigenvalue weighted by Gasteiger charge is -2.12. The number of phenols is 1. The van der Waals surface area contributed by atoms with Crippen LogP contribution < -0.4 is 15.4 Å². The van der Waals surface area contributed by atoms with Gasteiger partial charge in [0.25, 0.3) is 0 Å². The molecule has 0 amide bonds. The van der Waals surface area contributed by atoms with Crippen molar-refractivity contribution in [2.45, 2.75) is 39.7 Å². The van der Waals surface area contributed by atoms with Crippen molar-refractivity contribution in [2.24, 2.45) is 4.99 Å². The normalized spacial score (nSPS) is 10.9. The lowest BCUT2D eigenvalue weighted by molar-refractivity contribution is 0.129. The number of benzene rings is 1. The van der Waals surface area contributed by atoms with Crippen molar-refractivity contribution >= 4 is 29.9 Å². The highest BCUT2D eigenvalue weighted by Gasteiger charge is 2.04. The summed E-state index contributed by atoms with van der Waals surface area (Å²) in [6, 6.07) is 5.15. The van der Waals surface area contributed by atoms with Crippen molar-refractivity contribution < 1.29 is 14.6 Å². The maximum Gasteiger partial charge on any atom is 0.191 e. The van der Waals surface area contributed by atoms with Crippen molar-refractivity contribution in [1.82, 2.24) is 10.6 Å². The molecule has 0 bridgehead atoms. The maximum atomic E-state index is 9.91. The third-order valence-electron chi connectivity index (χ3n) is 3.44.